The predicted molar refractivity (Wildman–Crippen MR) is 144 cm³/mol. The van der Waals surface area contributed by atoms with E-state index >= 15 is 0 Å². The summed E-state index contributed by atoms with van der Waals surface area (Å²) in [5, 5.41) is 26.2. The number of unbranched alkanes of at least 4 members (excludes halogenated alkanes) is 3. The first-order chi connectivity index (χ1) is 15.7. The molecular formula is C27H54O6P. The van der Waals surface area contributed by atoms with E-state index in [-0.39, 0.29) is 27.7 Å². The highest BCUT2D eigenvalue weighted by Crippen LogP contribution is 2.16. The lowest BCUT2D eigenvalue weighted by atomic mass is 9.97. The molecule has 0 spiro atoms. The summed E-state index contributed by atoms with van der Waals surface area (Å²) in [5.41, 5.74) is 0. The monoisotopic (exact) mass is 505 g/mol. The van der Waals surface area contributed by atoms with Crippen LogP contribution in [0.2, 0.25) is 0 Å². The quantitative estimate of drug-likeness (QED) is 0.160. The van der Waals surface area contributed by atoms with Gasteiger partial charge in [0, 0.05) is 9.90 Å². The third-order valence-electron chi connectivity index (χ3n) is 5.68. The van der Waals surface area contributed by atoms with E-state index in [0.717, 1.165) is 96.3 Å². The zero-order valence-corrected chi connectivity index (χ0v) is 23.7. The van der Waals surface area contributed by atoms with E-state index in [2.05, 4.69) is 20.8 Å². The van der Waals surface area contributed by atoms with Gasteiger partial charge in [0.2, 0.25) is 0 Å². The van der Waals surface area contributed by atoms with Crippen LogP contribution in [-0.2, 0) is 14.4 Å². The minimum atomic E-state index is -0.625. The largest absolute Gasteiger partial charge is 0.481 e. The van der Waals surface area contributed by atoms with Gasteiger partial charge in [-0.3, -0.25) is 14.4 Å². The van der Waals surface area contributed by atoms with Crippen molar-refractivity contribution in [2.45, 2.75) is 138 Å². The van der Waals surface area contributed by atoms with Crippen molar-refractivity contribution >= 4 is 27.8 Å². The Bertz CT molecular complexity index is 403. The highest BCUT2D eigenvalue weighted by molar-refractivity contribution is 6.92. The molecule has 0 bridgehead atoms. The third kappa shape index (κ3) is 27.1. The summed E-state index contributed by atoms with van der Waals surface area (Å²) in [6, 6.07) is 0. The number of carbonyl (C=O) groups is 3. The van der Waals surface area contributed by atoms with Crippen LogP contribution in [0.3, 0.4) is 0 Å². The molecule has 6 nitrogen and oxygen atoms in total. The highest BCUT2D eigenvalue weighted by atomic mass is 31.0. The van der Waals surface area contributed by atoms with E-state index in [1.54, 1.807) is 0 Å². The van der Waals surface area contributed by atoms with Gasteiger partial charge in [-0.2, -0.15) is 0 Å². The van der Waals surface area contributed by atoms with Crippen molar-refractivity contribution in [3.63, 3.8) is 0 Å². The molecule has 0 heterocycles. The lowest BCUT2D eigenvalue weighted by molar-refractivity contribution is -0.143. The Morgan fingerprint density at radius 1 is 0.441 bits per heavy atom. The number of aliphatic carboxylic acids is 3. The molecule has 0 saturated heterocycles. The SMILES string of the molecule is CCCCC(CCC)C(=O)O.CCCCC(CCC)C(=O)O.CCCCC(CCC)C(=O)O.[P]. The van der Waals surface area contributed by atoms with Gasteiger partial charge in [0.15, 0.2) is 0 Å². The fourth-order valence-corrected chi connectivity index (χ4v) is 3.57. The molecule has 7 heteroatoms. The van der Waals surface area contributed by atoms with Gasteiger partial charge in [-0.1, -0.05) is 99.3 Å². The van der Waals surface area contributed by atoms with Crippen LogP contribution in [0.4, 0.5) is 0 Å². The molecular weight excluding hydrogens is 451 g/mol. The number of hydrogen-bond donors (Lipinski definition) is 3. The summed E-state index contributed by atoms with van der Waals surface area (Å²) in [4.78, 5) is 31.8. The van der Waals surface area contributed by atoms with E-state index < -0.39 is 17.9 Å². The van der Waals surface area contributed by atoms with Crippen molar-refractivity contribution in [3.05, 3.63) is 0 Å². The van der Waals surface area contributed by atoms with Crippen LogP contribution in [0.15, 0.2) is 0 Å². The molecule has 3 atom stereocenters. The molecule has 34 heavy (non-hydrogen) atoms. The first-order valence-electron chi connectivity index (χ1n) is 13.3. The van der Waals surface area contributed by atoms with Crippen molar-refractivity contribution in [1.29, 1.82) is 0 Å². The Morgan fingerprint density at radius 3 is 0.765 bits per heavy atom. The zero-order valence-electron chi connectivity index (χ0n) is 22.9. The number of rotatable bonds is 18. The van der Waals surface area contributed by atoms with Crippen molar-refractivity contribution in [3.8, 4) is 0 Å². The molecule has 3 unspecified atom stereocenters. The molecule has 0 fully saturated rings. The van der Waals surface area contributed by atoms with Crippen molar-refractivity contribution in [2.75, 3.05) is 0 Å². The summed E-state index contributed by atoms with van der Waals surface area (Å²) in [5.74, 6) is -2.17. The smallest absolute Gasteiger partial charge is 0.306 e. The van der Waals surface area contributed by atoms with Gasteiger partial charge in [0.05, 0.1) is 17.8 Å². The molecule has 0 amide bonds. The Labute approximate surface area is 213 Å². The summed E-state index contributed by atoms with van der Waals surface area (Å²) >= 11 is 0. The topological polar surface area (TPSA) is 112 Å². The minimum absolute atomic E-state index is 0. The van der Waals surface area contributed by atoms with E-state index in [1.807, 2.05) is 20.8 Å². The maximum atomic E-state index is 10.6. The lowest BCUT2D eigenvalue weighted by Crippen LogP contribution is -2.12. The molecule has 0 aliphatic carbocycles. The Balaban J connectivity index is -0.000000196. The Hall–Kier alpha value is -1.16. The zero-order chi connectivity index (χ0) is 26.1. The van der Waals surface area contributed by atoms with E-state index in [9.17, 15) is 14.4 Å². The van der Waals surface area contributed by atoms with Crippen molar-refractivity contribution in [1.82, 2.24) is 0 Å². The highest BCUT2D eigenvalue weighted by Gasteiger charge is 2.16. The standard InChI is InChI=1S/3C9H18O2.P/c3*1-3-5-7-8(6-4-2)9(10)11;/h3*8H,3-7H2,1-2H3,(H,10,11);. The first-order valence-corrected chi connectivity index (χ1v) is 13.3. The van der Waals surface area contributed by atoms with Crippen LogP contribution in [0.5, 0.6) is 0 Å². The van der Waals surface area contributed by atoms with Gasteiger partial charge in [-0.15, -0.1) is 0 Å². The molecule has 0 aromatic carbocycles. The van der Waals surface area contributed by atoms with Crippen LogP contribution >= 0.6 is 9.90 Å². The molecule has 0 rings (SSSR count). The minimum Gasteiger partial charge on any atom is -0.481 e. The molecule has 0 aliphatic rings. The lowest BCUT2D eigenvalue weighted by Gasteiger charge is -2.08. The van der Waals surface area contributed by atoms with Crippen LogP contribution in [0.25, 0.3) is 0 Å². The fraction of sp³-hybridized carbons (Fsp3) is 0.889. The summed E-state index contributed by atoms with van der Waals surface area (Å²) < 4.78 is 0. The maximum Gasteiger partial charge on any atom is 0.306 e. The van der Waals surface area contributed by atoms with Gasteiger partial charge < -0.3 is 15.3 Å². The molecule has 0 aliphatic heterocycles. The third-order valence-corrected chi connectivity index (χ3v) is 5.68. The second-order valence-electron chi connectivity index (χ2n) is 8.90. The van der Waals surface area contributed by atoms with Crippen LogP contribution in [0.1, 0.15) is 138 Å². The van der Waals surface area contributed by atoms with Crippen LogP contribution in [0, 0.1) is 17.8 Å². The molecule has 3 N–H and O–H groups in total. The summed E-state index contributed by atoms with van der Waals surface area (Å²) in [6.45, 7) is 12.4. The predicted octanol–water partition coefficient (Wildman–Crippen LogP) is 8.89. The molecule has 0 aromatic rings. The van der Waals surface area contributed by atoms with Crippen molar-refractivity contribution < 1.29 is 29.7 Å². The average molecular weight is 506 g/mol. The van der Waals surface area contributed by atoms with Gasteiger partial charge in [-0.05, 0) is 38.5 Å². The first kappa shape index (κ1) is 40.0. The number of carboxylic acids is 3. The summed E-state index contributed by atoms with van der Waals surface area (Å²) in [7, 11) is 0. The Morgan fingerprint density at radius 2 is 0.647 bits per heavy atom. The average Bonchev–Trinajstić information content (AvgIpc) is 2.77. The maximum absolute atomic E-state index is 10.6. The summed E-state index contributed by atoms with van der Waals surface area (Å²) in [6.07, 6.45) is 14.3. The van der Waals surface area contributed by atoms with E-state index in [4.69, 9.17) is 15.3 Å². The molecule has 0 saturated carbocycles. The molecule has 203 valence electrons. The van der Waals surface area contributed by atoms with Crippen LogP contribution in [-0.4, -0.2) is 33.2 Å². The fourth-order valence-electron chi connectivity index (χ4n) is 3.57. The van der Waals surface area contributed by atoms with Gasteiger partial charge >= 0.3 is 17.9 Å². The Kier molecular flexibility index (Phi) is 35.2. The van der Waals surface area contributed by atoms with Crippen molar-refractivity contribution in [2.24, 2.45) is 17.8 Å². The van der Waals surface area contributed by atoms with Crippen LogP contribution < -0.4 is 0 Å². The number of hydrogen-bond acceptors (Lipinski definition) is 3. The molecule has 3 radical (unpaired) electrons. The second kappa shape index (κ2) is 29.9. The second-order valence-corrected chi connectivity index (χ2v) is 8.90. The van der Waals surface area contributed by atoms with Gasteiger partial charge in [0.1, 0.15) is 0 Å². The van der Waals surface area contributed by atoms with Gasteiger partial charge in [0.25, 0.3) is 0 Å². The number of carboxylic acid groups (broad SMARTS) is 3. The molecule has 0 aromatic heterocycles. The normalized spacial score (nSPS) is 12.5. The van der Waals surface area contributed by atoms with E-state index in [0.29, 0.717) is 0 Å². The van der Waals surface area contributed by atoms with Gasteiger partial charge in [-0.25, -0.2) is 0 Å². The van der Waals surface area contributed by atoms with E-state index in [1.165, 1.54) is 0 Å².